The molecule has 0 aromatic heterocycles. The number of hydrogen-bond donors (Lipinski definition) is 3. The number of nitrogens with one attached hydrogen (secondary N) is 2. The van der Waals surface area contributed by atoms with Crippen LogP contribution in [0.5, 0.6) is 0 Å². The molecule has 6 heteroatoms. The minimum absolute atomic E-state index is 0.161. The van der Waals surface area contributed by atoms with Crippen molar-refractivity contribution < 1.29 is 19.5 Å². The molecule has 25 heavy (non-hydrogen) atoms. The largest absolute Gasteiger partial charge is 0.481 e. The Balaban J connectivity index is 1.75. The van der Waals surface area contributed by atoms with Gasteiger partial charge in [-0.05, 0) is 38.3 Å². The molecular formula is C19H26N2O4. The molecule has 0 bridgehead atoms. The van der Waals surface area contributed by atoms with Gasteiger partial charge in [0, 0.05) is 18.5 Å². The van der Waals surface area contributed by atoms with Crippen LogP contribution in [0.3, 0.4) is 0 Å². The number of carbonyl (C=O) groups is 3. The molecule has 1 aliphatic rings. The van der Waals surface area contributed by atoms with Gasteiger partial charge < -0.3 is 15.7 Å². The van der Waals surface area contributed by atoms with Crippen molar-refractivity contribution in [3.05, 3.63) is 35.9 Å². The SMILES string of the molecule is CC1(NC(=O)CCCNC(=O)c2ccccc2)CCCCC1C(=O)O. The Morgan fingerprint density at radius 2 is 1.92 bits per heavy atom. The molecular weight excluding hydrogens is 320 g/mol. The normalized spacial score (nSPS) is 22.8. The molecule has 1 aromatic carbocycles. The first-order chi connectivity index (χ1) is 11.9. The number of aliphatic carboxylic acids is 1. The van der Waals surface area contributed by atoms with E-state index in [9.17, 15) is 19.5 Å². The minimum atomic E-state index is -0.849. The topological polar surface area (TPSA) is 95.5 Å². The van der Waals surface area contributed by atoms with Crippen LogP contribution in [-0.4, -0.2) is 35.0 Å². The molecule has 1 aromatic rings. The molecule has 0 radical (unpaired) electrons. The summed E-state index contributed by atoms with van der Waals surface area (Å²) < 4.78 is 0. The second-order valence-corrected chi connectivity index (χ2v) is 6.83. The first-order valence-electron chi connectivity index (χ1n) is 8.79. The van der Waals surface area contributed by atoms with Crippen molar-refractivity contribution in [3.8, 4) is 0 Å². The lowest BCUT2D eigenvalue weighted by molar-refractivity contribution is -0.146. The van der Waals surface area contributed by atoms with Crippen LogP contribution >= 0.6 is 0 Å². The molecule has 0 spiro atoms. The molecule has 6 nitrogen and oxygen atoms in total. The first-order valence-corrected chi connectivity index (χ1v) is 8.79. The van der Waals surface area contributed by atoms with Crippen molar-refractivity contribution in [1.82, 2.24) is 10.6 Å². The number of rotatable bonds is 7. The second kappa shape index (κ2) is 8.65. The Hall–Kier alpha value is -2.37. The van der Waals surface area contributed by atoms with Gasteiger partial charge in [0.2, 0.25) is 5.91 Å². The molecule has 2 rings (SSSR count). The fourth-order valence-corrected chi connectivity index (χ4v) is 3.40. The summed E-state index contributed by atoms with van der Waals surface area (Å²) >= 11 is 0. The Morgan fingerprint density at radius 3 is 2.60 bits per heavy atom. The Bertz CT molecular complexity index is 617. The summed E-state index contributed by atoms with van der Waals surface area (Å²) in [6.07, 6.45) is 3.86. The zero-order valence-corrected chi connectivity index (χ0v) is 14.6. The van der Waals surface area contributed by atoms with Crippen LogP contribution < -0.4 is 10.6 Å². The van der Waals surface area contributed by atoms with Crippen LogP contribution in [-0.2, 0) is 9.59 Å². The van der Waals surface area contributed by atoms with Gasteiger partial charge in [-0.1, -0.05) is 31.0 Å². The smallest absolute Gasteiger partial charge is 0.308 e. The fraction of sp³-hybridized carbons (Fsp3) is 0.526. The molecule has 2 amide bonds. The second-order valence-electron chi connectivity index (χ2n) is 6.83. The van der Waals surface area contributed by atoms with Crippen molar-refractivity contribution in [3.63, 3.8) is 0 Å². The summed E-state index contributed by atoms with van der Waals surface area (Å²) in [5, 5.41) is 15.1. The van der Waals surface area contributed by atoms with Gasteiger partial charge >= 0.3 is 5.97 Å². The fourth-order valence-electron chi connectivity index (χ4n) is 3.40. The van der Waals surface area contributed by atoms with Gasteiger partial charge in [0.1, 0.15) is 0 Å². The van der Waals surface area contributed by atoms with E-state index in [0.29, 0.717) is 31.4 Å². The highest BCUT2D eigenvalue weighted by molar-refractivity contribution is 5.94. The van der Waals surface area contributed by atoms with E-state index in [0.717, 1.165) is 12.8 Å². The van der Waals surface area contributed by atoms with E-state index in [4.69, 9.17) is 0 Å². The monoisotopic (exact) mass is 346 g/mol. The molecule has 0 heterocycles. The van der Waals surface area contributed by atoms with E-state index >= 15 is 0 Å². The first kappa shape index (κ1) is 19.0. The predicted molar refractivity (Wildman–Crippen MR) is 94.2 cm³/mol. The lowest BCUT2D eigenvalue weighted by Crippen LogP contribution is -2.55. The molecule has 1 saturated carbocycles. The van der Waals surface area contributed by atoms with E-state index in [1.807, 2.05) is 13.0 Å². The third-order valence-electron chi connectivity index (χ3n) is 4.83. The summed E-state index contributed by atoms with van der Waals surface area (Å²) in [6, 6.07) is 8.91. The standard InChI is InChI=1S/C19H26N2O4/c1-19(12-6-5-10-15(19)18(24)25)21-16(22)11-7-13-20-17(23)14-8-3-2-4-9-14/h2-4,8-9,15H,5-7,10-13H2,1H3,(H,20,23)(H,21,22)(H,24,25). The maximum absolute atomic E-state index is 12.2. The highest BCUT2D eigenvalue weighted by Gasteiger charge is 2.41. The van der Waals surface area contributed by atoms with Crippen LogP contribution in [0.15, 0.2) is 30.3 Å². The molecule has 3 N–H and O–H groups in total. The van der Waals surface area contributed by atoms with Crippen LogP contribution in [0, 0.1) is 5.92 Å². The van der Waals surface area contributed by atoms with Gasteiger partial charge in [0.25, 0.3) is 5.91 Å². The van der Waals surface area contributed by atoms with Gasteiger partial charge in [0.15, 0.2) is 0 Å². The molecule has 136 valence electrons. The van der Waals surface area contributed by atoms with Crippen molar-refractivity contribution in [2.24, 2.45) is 5.92 Å². The van der Waals surface area contributed by atoms with Crippen LogP contribution in [0.1, 0.15) is 55.8 Å². The predicted octanol–water partition coefficient (Wildman–Crippen LogP) is 2.35. The lowest BCUT2D eigenvalue weighted by atomic mass is 9.74. The lowest BCUT2D eigenvalue weighted by Gasteiger charge is -2.39. The summed E-state index contributed by atoms with van der Waals surface area (Å²) in [5.41, 5.74) is -0.0972. The van der Waals surface area contributed by atoms with Gasteiger partial charge in [-0.3, -0.25) is 14.4 Å². The molecule has 2 atom stereocenters. The van der Waals surface area contributed by atoms with E-state index in [-0.39, 0.29) is 18.2 Å². The van der Waals surface area contributed by atoms with Gasteiger partial charge in [0.05, 0.1) is 11.5 Å². The number of amides is 2. The molecule has 2 unspecified atom stereocenters. The van der Waals surface area contributed by atoms with E-state index < -0.39 is 17.4 Å². The van der Waals surface area contributed by atoms with Gasteiger partial charge in [-0.2, -0.15) is 0 Å². The number of carbonyl (C=O) groups excluding carboxylic acids is 2. The zero-order valence-electron chi connectivity index (χ0n) is 14.6. The Kier molecular flexibility index (Phi) is 6.56. The highest BCUT2D eigenvalue weighted by Crippen LogP contribution is 2.33. The summed E-state index contributed by atoms with van der Waals surface area (Å²) in [5.74, 6) is -1.71. The van der Waals surface area contributed by atoms with E-state index in [1.54, 1.807) is 24.3 Å². The zero-order chi connectivity index (χ0) is 18.3. The van der Waals surface area contributed by atoms with Gasteiger partial charge in [-0.25, -0.2) is 0 Å². The number of carboxylic acids is 1. The maximum atomic E-state index is 12.2. The summed E-state index contributed by atoms with van der Waals surface area (Å²) in [7, 11) is 0. The maximum Gasteiger partial charge on any atom is 0.308 e. The number of carboxylic acid groups (broad SMARTS) is 1. The molecule has 0 aliphatic heterocycles. The average Bonchev–Trinajstić information content (AvgIpc) is 2.59. The minimum Gasteiger partial charge on any atom is -0.481 e. The third-order valence-corrected chi connectivity index (χ3v) is 4.83. The quantitative estimate of drug-likeness (QED) is 0.660. The Labute approximate surface area is 148 Å². The van der Waals surface area contributed by atoms with Crippen molar-refractivity contribution in [2.75, 3.05) is 6.54 Å². The molecule has 1 aliphatic carbocycles. The van der Waals surface area contributed by atoms with Gasteiger partial charge in [-0.15, -0.1) is 0 Å². The van der Waals surface area contributed by atoms with Crippen LogP contribution in [0.25, 0.3) is 0 Å². The Morgan fingerprint density at radius 1 is 1.20 bits per heavy atom. The van der Waals surface area contributed by atoms with E-state index in [2.05, 4.69) is 10.6 Å². The molecule has 1 fully saturated rings. The summed E-state index contributed by atoms with van der Waals surface area (Å²) in [4.78, 5) is 35.5. The highest BCUT2D eigenvalue weighted by atomic mass is 16.4. The van der Waals surface area contributed by atoms with E-state index in [1.165, 1.54) is 0 Å². The molecule has 0 saturated heterocycles. The number of benzene rings is 1. The van der Waals surface area contributed by atoms with Crippen molar-refractivity contribution in [1.29, 1.82) is 0 Å². The van der Waals surface area contributed by atoms with Crippen molar-refractivity contribution >= 4 is 17.8 Å². The van der Waals surface area contributed by atoms with Crippen LogP contribution in [0.4, 0.5) is 0 Å². The number of hydrogen-bond acceptors (Lipinski definition) is 3. The van der Waals surface area contributed by atoms with Crippen molar-refractivity contribution in [2.45, 2.75) is 51.0 Å². The summed E-state index contributed by atoms with van der Waals surface area (Å²) in [6.45, 7) is 2.22. The average molecular weight is 346 g/mol. The third kappa shape index (κ3) is 5.31. The van der Waals surface area contributed by atoms with Crippen LogP contribution in [0.2, 0.25) is 0 Å².